The Balaban J connectivity index is 1.95. The van der Waals surface area contributed by atoms with Crippen molar-refractivity contribution in [2.45, 2.75) is 19.9 Å². The molecule has 0 fully saturated rings. The van der Waals surface area contributed by atoms with E-state index in [4.69, 9.17) is 4.74 Å². The van der Waals surface area contributed by atoms with Gasteiger partial charge < -0.3 is 10.1 Å². The van der Waals surface area contributed by atoms with Crippen LogP contribution in [0.25, 0.3) is 10.8 Å². The van der Waals surface area contributed by atoms with Gasteiger partial charge in [-0.15, -0.1) is 0 Å². The maximum absolute atomic E-state index is 12.0. The van der Waals surface area contributed by atoms with Gasteiger partial charge in [-0.05, 0) is 30.2 Å². The minimum absolute atomic E-state index is 0.180. The highest BCUT2D eigenvalue weighted by molar-refractivity contribution is 5.88. The van der Waals surface area contributed by atoms with Crippen LogP contribution in [0.3, 0.4) is 0 Å². The smallest absolute Gasteiger partial charge is 0.331 e. The molecule has 2 aromatic rings. The summed E-state index contributed by atoms with van der Waals surface area (Å²) in [5.41, 5.74) is 1.03. The maximum atomic E-state index is 12.0. The van der Waals surface area contributed by atoms with Gasteiger partial charge in [0.15, 0.2) is 6.61 Å². The van der Waals surface area contributed by atoms with E-state index in [-0.39, 0.29) is 18.6 Å². The molecule has 0 radical (unpaired) electrons. The largest absolute Gasteiger partial charge is 0.452 e. The molecule has 0 aromatic heterocycles. The lowest BCUT2D eigenvalue weighted by Gasteiger charge is -2.16. The first kappa shape index (κ1) is 17.5. The molecule has 1 amide bonds. The van der Waals surface area contributed by atoms with E-state index in [1.807, 2.05) is 56.3 Å². The minimum atomic E-state index is -0.541. The van der Waals surface area contributed by atoms with E-state index in [1.165, 1.54) is 6.08 Å². The van der Waals surface area contributed by atoms with Crippen molar-refractivity contribution < 1.29 is 14.3 Å². The molecule has 2 rings (SSSR count). The van der Waals surface area contributed by atoms with Gasteiger partial charge in [-0.1, -0.05) is 60.7 Å². The molecule has 124 valence electrons. The Hall–Kier alpha value is -2.88. The molecule has 0 saturated carbocycles. The zero-order valence-electron chi connectivity index (χ0n) is 13.9. The predicted octanol–water partition coefficient (Wildman–Crippen LogP) is 3.69. The summed E-state index contributed by atoms with van der Waals surface area (Å²) in [6, 6.07) is 13.8. The van der Waals surface area contributed by atoms with Crippen molar-refractivity contribution >= 4 is 22.6 Å². The minimum Gasteiger partial charge on any atom is -0.452 e. The fourth-order valence-electron chi connectivity index (χ4n) is 2.42. The topological polar surface area (TPSA) is 55.4 Å². The number of nitrogens with one attached hydrogen (secondary N) is 1. The van der Waals surface area contributed by atoms with Crippen LogP contribution in [0.5, 0.6) is 0 Å². The molecule has 0 saturated heterocycles. The average Bonchev–Trinajstić information content (AvgIpc) is 2.59. The molecule has 2 aromatic carbocycles. The molecule has 4 nitrogen and oxygen atoms in total. The van der Waals surface area contributed by atoms with Crippen molar-refractivity contribution in [2.75, 3.05) is 6.61 Å². The van der Waals surface area contributed by atoms with Crippen molar-refractivity contribution in [2.24, 2.45) is 0 Å². The Labute approximate surface area is 141 Å². The van der Waals surface area contributed by atoms with E-state index in [0.29, 0.717) is 0 Å². The van der Waals surface area contributed by atoms with E-state index >= 15 is 0 Å². The summed E-state index contributed by atoms with van der Waals surface area (Å²) in [7, 11) is 0. The van der Waals surface area contributed by atoms with Crippen LogP contribution in [0.15, 0.2) is 66.8 Å². The number of amides is 1. The molecule has 0 heterocycles. The quantitative estimate of drug-likeness (QED) is 0.501. The zero-order valence-corrected chi connectivity index (χ0v) is 13.9. The molecular formula is C20H21NO3. The van der Waals surface area contributed by atoms with Crippen LogP contribution in [0.4, 0.5) is 0 Å². The number of allylic oxidation sites excluding steroid dienone is 3. The third-order valence-corrected chi connectivity index (χ3v) is 3.55. The SMILES string of the molecule is C/C=C/C=C/C(=O)OCC(=O)N[C@H](C)c1cccc2ccccc12. The monoisotopic (exact) mass is 323 g/mol. The zero-order chi connectivity index (χ0) is 17.4. The van der Waals surface area contributed by atoms with Crippen LogP contribution in [0, 0.1) is 0 Å². The number of esters is 1. The Kier molecular flexibility index (Phi) is 6.32. The van der Waals surface area contributed by atoms with Gasteiger partial charge in [-0.25, -0.2) is 4.79 Å². The van der Waals surface area contributed by atoms with Gasteiger partial charge in [-0.2, -0.15) is 0 Å². The summed E-state index contributed by atoms with van der Waals surface area (Å²) in [5.74, 6) is -0.871. The predicted molar refractivity (Wildman–Crippen MR) is 95.4 cm³/mol. The average molecular weight is 323 g/mol. The molecule has 1 atom stereocenters. The summed E-state index contributed by atoms with van der Waals surface area (Å²) in [6.07, 6.45) is 6.35. The van der Waals surface area contributed by atoms with Gasteiger partial charge in [0.25, 0.3) is 5.91 Å². The molecule has 0 aliphatic heterocycles. The van der Waals surface area contributed by atoms with E-state index in [2.05, 4.69) is 5.32 Å². The molecular weight excluding hydrogens is 302 g/mol. The Morgan fingerprint density at radius 2 is 1.88 bits per heavy atom. The lowest BCUT2D eigenvalue weighted by molar-refractivity contribution is -0.144. The third-order valence-electron chi connectivity index (χ3n) is 3.55. The number of benzene rings is 2. The summed E-state index contributed by atoms with van der Waals surface area (Å²) >= 11 is 0. The lowest BCUT2D eigenvalue weighted by Crippen LogP contribution is -2.31. The highest BCUT2D eigenvalue weighted by Gasteiger charge is 2.13. The molecule has 0 bridgehead atoms. The van der Waals surface area contributed by atoms with Gasteiger partial charge in [0, 0.05) is 6.08 Å². The number of hydrogen-bond acceptors (Lipinski definition) is 3. The van der Waals surface area contributed by atoms with Crippen LogP contribution in [0.1, 0.15) is 25.5 Å². The highest BCUT2D eigenvalue weighted by Crippen LogP contribution is 2.23. The van der Waals surface area contributed by atoms with Crippen LogP contribution >= 0.6 is 0 Å². The fourth-order valence-corrected chi connectivity index (χ4v) is 2.42. The molecule has 0 unspecified atom stereocenters. The molecule has 0 aliphatic rings. The van der Waals surface area contributed by atoms with E-state index < -0.39 is 5.97 Å². The molecule has 0 aliphatic carbocycles. The van der Waals surface area contributed by atoms with Gasteiger partial charge >= 0.3 is 5.97 Å². The summed E-state index contributed by atoms with van der Waals surface area (Å²) in [5, 5.41) is 5.07. The van der Waals surface area contributed by atoms with Crippen molar-refractivity contribution in [1.82, 2.24) is 5.32 Å². The summed E-state index contributed by atoms with van der Waals surface area (Å²) < 4.78 is 4.90. The van der Waals surface area contributed by atoms with Crippen LogP contribution < -0.4 is 5.32 Å². The third kappa shape index (κ3) is 4.81. The lowest BCUT2D eigenvalue weighted by atomic mass is 10.00. The number of carbonyl (C=O) groups is 2. The van der Waals surface area contributed by atoms with E-state index in [9.17, 15) is 9.59 Å². The first-order valence-corrected chi connectivity index (χ1v) is 7.85. The Morgan fingerprint density at radius 3 is 2.67 bits per heavy atom. The van der Waals surface area contributed by atoms with Gasteiger partial charge in [0.1, 0.15) is 0 Å². The second kappa shape index (κ2) is 8.67. The van der Waals surface area contributed by atoms with Crippen LogP contribution in [-0.4, -0.2) is 18.5 Å². The fraction of sp³-hybridized carbons (Fsp3) is 0.200. The number of hydrogen-bond donors (Lipinski definition) is 1. The molecule has 0 spiro atoms. The van der Waals surface area contributed by atoms with Crippen molar-refractivity contribution in [1.29, 1.82) is 0 Å². The first-order valence-electron chi connectivity index (χ1n) is 7.85. The van der Waals surface area contributed by atoms with Crippen molar-refractivity contribution in [3.05, 3.63) is 72.3 Å². The number of rotatable bonds is 6. The standard InChI is InChI=1S/C20H21NO3/c1-3-4-5-13-20(23)24-14-19(22)21-15(2)17-12-8-10-16-9-6-7-11-18(16)17/h3-13,15H,14H2,1-2H3,(H,21,22)/b4-3+,13-5+/t15-/m1/s1. The Bertz CT molecular complexity index is 772. The number of fused-ring (bicyclic) bond motifs is 1. The summed E-state index contributed by atoms with van der Waals surface area (Å²) in [4.78, 5) is 23.4. The van der Waals surface area contributed by atoms with Gasteiger partial charge in [0.2, 0.25) is 0 Å². The maximum Gasteiger partial charge on any atom is 0.331 e. The van der Waals surface area contributed by atoms with E-state index in [1.54, 1.807) is 18.2 Å². The summed E-state index contributed by atoms with van der Waals surface area (Å²) in [6.45, 7) is 3.46. The second-order valence-electron chi connectivity index (χ2n) is 5.35. The second-order valence-corrected chi connectivity index (χ2v) is 5.35. The van der Waals surface area contributed by atoms with Crippen LogP contribution in [-0.2, 0) is 14.3 Å². The highest BCUT2D eigenvalue weighted by atomic mass is 16.5. The van der Waals surface area contributed by atoms with E-state index in [0.717, 1.165) is 16.3 Å². The molecule has 4 heteroatoms. The van der Waals surface area contributed by atoms with Crippen molar-refractivity contribution in [3.8, 4) is 0 Å². The van der Waals surface area contributed by atoms with Crippen molar-refractivity contribution in [3.63, 3.8) is 0 Å². The van der Waals surface area contributed by atoms with Gasteiger partial charge in [-0.3, -0.25) is 4.79 Å². The Morgan fingerprint density at radius 1 is 1.12 bits per heavy atom. The van der Waals surface area contributed by atoms with Gasteiger partial charge in [0.05, 0.1) is 6.04 Å². The molecule has 1 N–H and O–H groups in total. The first-order chi connectivity index (χ1) is 11.6. The normalized spacial score (nSPS) is 12.6. The van der Waals surface area contributed by atoms with Crippen LogP contribution in [0.2, 0.25) is 0 Å². The molecule has 24 heavy (non-hydrogen) atoms. The number of ether oxygens (including phenoxy) is 1. The number of carbonyl (C=O) groups excluding carboxylic acids is 2.